The van der Waals surface area contributed by atoms with Crippen LogP contribution < -0.4 is 0 Å². The Morgan fingerprint density at radius 3 is 1.38 bits per heavy atom. The maximum Gasteiger partial charge on any atom is 0.306 e. The lowest BCUT2D eigenvalue weighted by molar-refractivity contribution is -0.929. The third kappa shape index (κ3) is 15.1. The molecule has 198 valence electrons. The van der Waals surface area contributed by atoms with Crippen LogP contribution >= 0.6 is 0 Å². The number of carboxylic acids is 3. The molecule has 0 bridgehead atoms. The number of hydrogen-bond acceptors (Lipinski definition) is 3. The summed E-state index contributed by atoms with van der Waals surface area (Å²) in [5.41, 5.74) is 0. The molecule has 0 heterocycles. The van der Waals surface area contributed by atoms with E-state index in [0.29, 0.717) is 43.4 Å². The van der Waals surface area contributed by atoms with Crippen LogP contribution in [0.4, 0.5) is 0 Å². The lowest BCUT2D eigenvalue weighted by Crippen LogP contribution is -2.52. The number of nitrogens with zero attached hydrogens (tertiary/aromatic N) is 1. The van der Waals surface area contributed by atoms with Crippen molar-refractivity contribution in [2.75, 3.05) is 26.2 Å². The first kappa shape index (κ1) is 32.1. The molecule has 7 heteroatoms. The summed E-state index contributed by atoms with van der Waals surface area (Å²) in [5.74, 6) is -3.92. The Labute approximate surface area is 206 Å². The predicted octanol–water partition coefficient (Wildman–Crippen LogP) is 5.83. The van der Waals surface area contributed by atoms with E-state index in [-0.39, 0.29) is 0 Å². The zero-order valence-electron chi connectivity index (χ0n) is 22.0. The van der Waals surface area contributed by atoms with Gasteiger partial charge in [-0.05, 0) is 32.1 Å². The van der Waals surface area contributed by atoms with Gasteiger partial charge in [-0.15, -0.1) is 0 Å². The summed E-state index contributed by atoms with van der Waals surface area (Å²) in [6, 6.07) is 0. The summed E-state index contributed by atoms with van der Waals surface area (Å²) in [7, 11) is 0. The number of rotatable bonds is 22. The van der Waals surface area contributed by atoms with E-state index in [0.717, 1.165) is 38.6 Å². The summed E-state index contributed by atoms with van der Waals surface area (Å²) in [5, 5.41) is 28.1. The molecule has 0 spiro atoms. The molecule has 0 rings (SSSR count). The van der Waals surface area contributed by atoms with Crippen molar-refractivity contribution in [3.63, 3.8) is 0 Å². The molecule has 0 fully saturated rings. The summed E-state index contributed by atoms with van der Waals surface area (Å²) >= 11 is 0. The zero-order chi connectivity index (χ0) is 26.0. The molecule has 0 saturated heterocycles. The van der Waals surface area contributed by atoms with Crippen LogP contribution in [0.2, 0.25) is 0 Å². The first-order valence-corrected chi connectivity index (χ1v) is 13.2. The Morgan fingerprint density at radius 1 is 0.618 bits per heavy atom. The highest BCUT2D eigenvalue weighted by Gasteiger charge is 2.31. The van der Waals surface area contributed by atoms with Crippen LogP contribution in [0.3, 0.4) is 0 Å². The molecular formula is C27H50NO6+. The molecule has 0 aliphatic heterocycles. The smallest absolute Gasteiger partial charge is 0.306 e. The minimum Gasteiger partial charge on any atom is -0.481 e. The Bertz CT molecular complexity index is 558. The van der Waals surface area contributed by atoms with Crippen LogP contribution in [-0.2, 0) is 14.4 Å². The van der Waals surface area contributed by atoms with Crippen molar-refractivity contribution in [3.8, 4) is 0 Å². The van der Waals surface area contributed by atoms with E-state index >= 15 is 0 Å². The lowest BCUT2D eigenvalue weighted by Gasteiger charge is -2.40. The molecule has 34 heavy (non-hydrogen) atoms. The number of unbranched alkanes of at least 4 members (excludes halogenated alkanes) is 6. The Balaban J connectivity index is 5.08. The summed E-state index contributed by atoms with van der Waals surface area (Å²) in [6.07, 6.45) is 15.0. The highest BCUT2D eigenvalue weighted by Crippen LogP contribution is 2.22. The molecule has 0 saturated carbocycles. The van der Waals surface area contributed by atoms with Crippen LogP contribution in [-0.4, -0.2) is 63.9 Å². The first-order valence-electron chi connectivity index (χ1n) is 13.2. The van der Waals surface area contributed by atoms with E-state index in [1.165, 1.54) is 19.3 Å². The number of allylic oxidation sites excluding steroid dienone is 2. The van der Waals surface area contributed by atoms with Crippen molar-refractivity contribution in [2.24, 2.45) is 17.8 Å². The maximum absolute atomic E-state index is 11.4. The molecule has 0 amide bonds. The topological polar surface area (TPSA) is 112 Å². The van der Waals surface area contributed by atoms with E-state index in [4.69, 9.17) is 0 Å². The largest absolute Gasteiger partial charge is 0.481 e. The van der Waals surface area contributed by atoms with Gasteiger partial charge in [0, 0.05) is 19.3 Å². The second-order valence-corrected chi connectivity index (χ2v) is 10.1. The van der Waals surface area contributed by atoms with Gasteiger partial charge < -0.3 is 19.8 Å². The number of quaternary nitrogens is 1. The fraction of sp³-hybridized carbons (Fsp3) is 0.815. The number of carboxylic acid groups (broad SMARTS) is 3. The maximum atomic E-state index is 11.4. The molecule has 0 aromatic carbocycles. The van der Waals surface area contributed by atoms with Crippen molar-refractivity contribution >= 4 is 17.9 Å². The summed E-state index contributed by atoms with van der Waals surface area (Å²) < 4.78 is 0.606. The Kier molecular flexibility index (Phi) is 17.4. The van der Waals surface area contributed by atoms with Gasteiger partial charge in [0.25, 0.3) is 0 Å². The Hall–Kier alpha value is -1.89. The van der Waals surface area contributed by atoms with Gasteiger partial charge in [-0.1, -0.05) is 59.1 Å². The zero-order valence-corrected chi connectivity index (χ0v) is 22.0. The van der Waals surface area contributed by atoms with Crippen molar-refractivity contribution < 1.29 is 34.2 Å². The van der Waals surface area contributed by atoms with Gasteiger partial charge >= 0.3 is 17.9 Å². The number of hydrogen-bond donors (Lipinski definition) is 3. The quantitative estimate of drug-likeness (QED) is 0.101. The van der Waals surface area contributed by atoms with Crippen LogP contribution in [0, 0.1) is 17.8 Å². The summed E-state index contributed by atoms with van der Waals surface area (Å²) in [6.45, 7) is 9.99. The van der Waals surface area contributed by atoms with Crippen molar-refractivity contribution in [3.05, 3.63) is 12.2 Å². The highest BCUT2D eigenvalue weighted by molar-refractivity contribution is 5.70. The van der Waals surface area contributed by atoms with Crippen molar-refractivity contribution in [1.29, 1.82) is 0 Å². The summed E-state index contributed by atoms with van der Waals surface area (Å²) in [4.78, 5) is 34.2. The number of carbonyl (C=O) groups is 3. The molecule has 3 atom stereocenters. The van der Waals surface area contributed by atoms with Gasteiger partial charge in [-0.2, -0.15) is 0 Å². The normalized spacial score (nSPS) is 16.1. The molecule has 3 unspecified atom stereocenters. The number of aliphatic carboxylic acids is 3. The predicted molar refractivity (Wildman–Crippen MR) is 136 cm³/mol. The molecule has 3 N–H and O–H groups in total. The second kappa shape index (κ2) is 18.4. The third-order valence-electron chi connectivity index (χ3n) is 7.03. The van der Waals surface area contributed by atoms with Gasteiger partial charge in [0.2, 0.25) is 0 Å². The van der Waals surface area contributed by atoms with E-state index in [1.54, 1.807) is 20.8 Å². The molecule has 0 aromatic heterocycles. The minimum atomic E-state index is -0.829. The van der Waals surface area contributed by atoms with Gasteiger partial charge in [-0.3, -0.25) is 14.4 Å². The van der Waals surface area contributed by atoms with Crippen LogP contribution in [0.25, 0.3) is 0 Å². The van der Waals surface area contributed by atoms with Crippen LogP contribution in [0.1, 0.15) is 98.3 Å². The first-order chi connectivity index (χ1) is 16.0. The Morgan fingerprint density at radius 2 is 1.00 bits per heavy atom. The van der Waals surface area contributed by atoms with Crippen molar-refractivity contribution in [1.82, 2.24) is 0 Å². The standard InChI is InChI=1S/C27H49NO6/c1-5-6-7-8-9-10-11-12-13-14-18-28(19-15-22(2)25(29)30,20-16-23(3)26(31)32)21-17-24(4)27(33)34/h6-7,22-24H,5,8-21H2,1-4H3,(H2-,29,30,31,32,33,34)/p+1/b7-6+. The van der Waals surface area contributed by atoms with E-state index < -0.39 is 35.7 Å². The fourth-order valence-corrected chi connectivity index (χ4v) is 4.14. The minimum absolute atomic E-state index is 0.479. The SMILES string of the molecule is CC/C=C/CCCCCCCC[N+](CCC(C)C(=O)O)(CCC(C)C(=O)O)CCC(C)C(=O)O. The van der Waals surface area contributed by atoms with Crippen LogP contribution in [0.5, 0.6) is 0 Å². The molecule has 0 aromatic rings. The average molecular weight is 485 g/mol. The van der Waals surface area contributed by atoms with Gasteiger partial charge in [0.15, 0.2) is 0 Å². The monoisotopic (exact) mass is 484 g/mol. The van der Waals surface area contributed by atoms with E-state index in [9.17, 15) is 29.7 Å². The molecular weight excluding hydrogens is 434 g/mol. The molecule has 7 nitrogen and oxygen atoms in total. The fourth-order valence-electron chi connectivity index (χ4n) is 4.14. The molecule has 0 aliphatic rings. The van der Waals surface area contributed by atoms with Gasteiger partial charge in [0.1, 0.15) is 0 Å². The van der Waals surface area contributed by atoms with E-state index in [2.05, 4.69) is 19.1 Å². The second-order valence-electron chi connectivity index (χ2n) is 10.1. The van der Waals surface area contributed by atoms with Crippen LogP contribution in [0.15, 0.2) is 12.2 Å². The van der Waals surface area contributed by atoms with Gasteiger partial charge in [-0.25, -0.2) is 0 Å². The average Bonchev–Trinajstić information content (AvgIpc) is 2.79. The highest BCUT2D eigenvalue weighted by atomic mass is 16.4. The lowest BCUT2D eigenvalue weighted by atomic mass is 10.0. The van der Waals surface area contributed by atoms with Gasteiger partial charge in [0.05, 0.1) is 43.9 Å². The van der Waals surface area contributed by atoms with E-state index in [1.807, 2.05) is 0 Å². The molecule has 0 radical (unpaired) electrons. The van der Waals surface area contributed by atoms with Crippen molar-refractivity contribution in [2.45, 2.75) is 98.3 Å². The molecule has 0 aliphatic carbocycles. The third-order valence-corrected chi connectivity index (χ3v) is 7.03.